The maximum Gasteiger partial charge on any atom is 0.227 e. The first-order valence-corrected chi connectivity index (χ1v) is 9.50. The zero-order valence-corrected chi connectivity index (χ0v) is 15.7. The summed E-state index contributed by atoms with van der Waals surface area (Å²) >= 11 is 0. The first-order chi connectivity index (χ1) is 13.7. The smallest absolute Gasteiger partial charge is 0.227 e. The maximum absolute atomic E-state index is 12.7. The summed E-state index contributed by atoms with van der Waals surface area (Å²) < 4.78 is 8.03. The summed E-state index contributed by atoms with van der Waals surface area (Å²) in [6.07, 6.45) is 2.47. The van der Waals surface area contributed by atoms with Crippen molar-refractivity contribution in [1.82, 2.24) is 14.5 Å². The number of ether oxygens (including phenoxy) is 1. The third-order valence-corrected chi connectivity index (χ3v) is 5.38. The molecule has 0 bridgehead atoms. The first-order valence-electron chi connectivity index (χ1n) is 9.50. The van der Waals surface area contributed by atoms with Crippen molar-refractivity contribution in [3.63, 3.8) is 0 Å². The van der Waals surface area contributed by atoms with Crippen molar-refractivity contribution in [3.8, 4) is 5.88 Å². The summed E-state index contributed by atoms with van der Waals surface area (Å²) in [5.74, 6) is 0.757. The van der Waals surface area contributed by atoms with Crippen LogP contribution in [0.1, 0.15) is 5.56 Å². The quantitative estimate of drug-likeness (QED) is 0.551. The third-order valence-electron chi connectivity index (χ3n) is 5.38. The van der Waals surface area contributed by atoms with Crippen molar-refractivity contribution < 1.29 is 9.53 Å². The number of fused-ring (bicyclic) bond motifs is 2. The minimum atomic E-state index is 0.00475. The van der Waals surface area contributed by atoms with Gasteiger partial charge in [-0.05, 0) is 23.8 Å². The fourth-order valence-corrected chi connectivity index (χ4v) is 3.84. The highest BCUT2D eigenvalue weighted by Gasteiger charge is 2.32. The van der Waals surface area contributed by atoms with Crippen LogP contribution in [0, 0.1) is 0 Å². The Hall–Kier alpha value is -3.34. The lowest BCUT2D eigenvalue weighted by Crippen LogP contribution is -2.56. The second-order valence-electron chi connectivity index (χ2n) is 7.34. The van der Waals surface area contributed by atoms with Crippen molar-refractivity contribution in [2.24, 2.45) is 7.05 Å². The lowest BCUT2D eigenvalue weighted by molar-refractivity contribution is -0.139. The van der Waals surface area contributed by atoms with Crippen LogP contribution in [-0.2, 0) is 18.3 Å². The number of rotatable bonds is 4. The van der Waals surface area contributed by atoms with Gasteiger partial charge in [0.1, 0.15) is 6.10 Å². The molecule has 1 aliphatic rings. The molecule has 3 heterocycles. The molecule has 0 unspecified atom stereocenters. The lowest BCUT2D eigenvalue weighted by atomic mass is 10.1. The molecule has 0 spiro atoms. The van der Waals surface area contributed by atoms with Gasteiger partial charge in [0, 0.05) is 35.6 Å². The predicted octanol–water partition coefficient (Wildman–Crippen LogP) is 3.56. The molecule has 2 aromatic carbocycles. The summed E-state index contributed by atoms with van der Waals surface area (Å²) in [6.45, 7) is 1.22. The van der Waals surface area contributed by atoms with E-state index in [0.717, 1.165) is 27.4 Å². The summed E-state index contributed by atoms with van der Waals surface area (Å²) in [6, 6.07) is 20.1. The van der Waals surface area contributed by atoms with Gasteiger partial charge >= 0.3 is 0 Å². The van der Waals surface area contributed by atoms with E-state index in [2.05, 4.69) is 27.9 Å². The van der Waals surface area contributed by atoms with Crippen LogP contribution in [0.15, 0.2) is 66.9 Å². The molecule has 5 nitrogen and oxygen atoms in total. The number of carbonyl (C=O) groups is 1. The lowest BCUT2D eigenvalue weighted by Gasteiger charge is -2.38. The van der Waals surface area contributed by atoms with E-state index in [1.54, 1.807) is 0 Å². The molecule has 4 aromatic rings. The normalized spacial score (nSPS) is 14.4. The van der Waals surface area contributed by atoms with Crippen molar-refractivity contribution >= 4 is 27.7 Å². The molecule has 28 heavy (non-hydrogen) atoms. The van der Waals surface area contributed by atoms with Gasteiger partial charge in [0.15, 0.2) is 0 Å². The molecule has 1 saturated heterocycles. The molecule has 140 valence electrons. The van der Waals surface area contributed by atoms with Gasteiger partial charge in [0.2, 0.25) is 11.8 Å². The highest BCUT2D eigenvalue weighted by Crippen LogP contribution is 2.24. The number of hydrogen-bond acceptors (Lipinski definition) is 3. The molecule has 0 aliphatic carbocycles. The minimum Gasteiger partial charge on any atom is -0.471 e. The van der Waals surface area contributed by atoms with Gasteiger partial charge in [-0.25, -0.2) is 4.98 Å². The molecule has 0 N–H and O–H groups in total. The van der Waals surface area contributed by atoms with Crippen molar-refractivity contribution in [2.75, 3.05) is 13.1 Å². The molecule has 1 fully saturated rings. The molecule has 0 atom stereocenters. The number of aryl methyl sites for hydroxylation is 1. The molecular formula is C23H21N3O2. The number of benzene rings is 2. The number of para-hydroxylation sites is 2. The van der Waals surface area contributed by atoms with Gasteiger partial charge in [-0.3, -0.25) is 4.79 Å². The van der Waals surface area contributed by atoms with Gasteiger partial charge in [0.25, 0.3) is 0 Å². The second-order valence-corrected chi connectivity index (χ2v) is 7.34. The Labute approximate surface area is 163 Å². The maximum atomic E-state index is 12.7. The average molecular weight is 371 g/mol. The van der Waals surface area contributed by atoms with E-state index in [0.29, 0.717) is 25.4 Å². The van der Waals surface area contributed by atoms with E-state index < -0.39 is 0 Å². The zero-order chi connectivity index (χ0) is 19.1. The van der Waals surface area contributed by atoms with Gasteiger partial charge in [-0.2, -0.15) is 0 Å². The Bertz CT molecular complexity index is 1170. The number of carbonyl (C=O) groups excluding carboxylic acids is 1. The van der Waals surface area contributed by atoms with E-state index in [-0.39, 0.29) is 12.0 Å². The van der Waals surface area contributed by atoms with Crippen molar-refractivity contribution in [1.29, 1.82) is 0 Å². The Kier molecular flexibility index (Phi) is 4.01. The highest BCUT2D eigenvalue weighted by molar-refractivity contribution is 5.89. The van der Waals surface area contributed by atoms with E-state index in [9.17, 15) is 4.79 Å². The Balaban J connectivity index is 1.22. The summed E-state index contributed by atoms with van der Waals surface area (Å²) in [7, 11) is 2.01. The molecule has 2 aromatic heterocycles. The van der Waals surface area contributed by atoms with E-state index in [1.807, 2.05) is 60.5 Å². The Morgan fingerprint density at radius 1 is 1.07 bits per heavy atom. The molecule has 0 saturated carbocycles. The number of aromatic nitrogens is 2. The monoisotopic (exact) mass is 371 g/mol. The molecular weight excluding hydrogens is 350 g/mol. The number of nitrogens with zero attached hydrogens (tertiary/aromatic N) is 3. The van der Waals surface area contributed by atoms with Crippen LogP contribution < -0.4 is 4.74 Å². The van der Waals surface area contributed by atoms with Crippen LogP contribution in [-0.4, -0.2) is 39.6 Å². The summed E-state index contributed by atoms with van der Waals surface area (Å²) in [5.41, 5.74) is 3.14. The molecule has 1 aliphatic heterocycles. The second kappa shape index (κ2) is 6.68. The number of amides is 1. The van der Waals surface area contributed by atoms with Crippen molar-refractivity contribution in [3.05, 3.63) is 72.4 Å². The van der Waals surface area contributed by atoms with Crippen LogP contribution in [0.5, 0.6) is 5.88 Å². The fourth-order valence-electron chi connectivity index (χ4n) is 3.84. The van der Waals surface area contributed by atoms with Gasteiger partial charge in [-0.1, -0.05) is 36.4 Å². The predicted molar refractivity (Wildman–Crippen MR) is 109 cm³/mol. The molecule has 0 radical (unpaired) electrons. The van der Waals surface area contributed by atoms with Gasteiger partial charge in [-0.15, -0.1) is 0 Å². The van der Waals surface area contributed by atoms with Crippen LogP contribution in [0.25, 0.3) is 21.8 Å². The number of pyridine rings is 1. The Morgan fingerprint density at radius 3 is 2.75 bits per heavy atom. The third kappa shape index (κ3) is 2.99. The standard InChI is InChI=1S/C23H21N3O2/c1-25-13-17(19-7-3-5-9-21(19)25)12-23(27)26-14-18(15-26)28-22-11-10-16-6-2-4-8-20(16)24-22/h2-11,13,18H,12,14-15H2,1H3. The van der Waals surface area contributed by atoms with Gasteiger partial charge in [0.05, 0.1) is 25.0 Å². The fraction of sp³-hybridized carbons (Fsp3) is 0.217. The number of hydrogen-bond donors (Lipinski definition) is 0. The average Bonchev–Trinajstić information content (AvgIpc) is 3.00. The van der Waals surface area contributed by atoms with Crippen molar-refractivity contribution in [2.45, 2.75) is 12.5 Å². The van der Waals surface area contributed by atoms with E-state index in [4.69, 9.17) is 4.74 Å². The molecule has 5 heteroatoms. The van der Waals surface area contributed by atoms with Crippen LogP contribution in [0.3, 0.4) is 0 Å². The van der Waals surface area contributed by atoms with Crippen LogP contribution in [0.4, 0.5) is 0 Å². The SMILES string of the molecule is Cn1cc(CC(=O)N2CC(Oc3ccc4ccccc4n3)C2)c2ccccc21. The topological polar surface area (TPSA) is 47.4 Å². The largest absolute Gasteiger partial charge is 0.471 e. The minimum absolute atomic E-state index is 0.00475. The van der Waals surface area contributed by atoms with Crippen LogP contribution in [0.2, 0.25) is 0 Å². The Morgan fingerprint density at radius 2 is 1.86 bits per heavy atom. The highest BCUT2D eigenvalue weighted by atomic mass is 16.5. The number of likely N-dealkylation sites (tertiary alicyclic amines) is 1. The van der Waals surface area contributed by atoms with Crippen LogP contribution >= 0.6 is 0 Å². The summed E-state index contributed by atoms with van der Waals surface area (Å²) in [4.78, 5) is 19.1. The molecule has 1 amide bonds. The van der Waals surface area contributed by atoms with E-state index in [1.165, 1.54) is 0 Å². The molecule has 5 rings (SSSR count). The zero-order valence-electron chi connectivity index (χ0n) is 15.7. The van der Waals surface area contributed by atoms with E-state index >= 15 is 0 Å². The summed E-state index contributed by atoms with van der Waals surface area (Å²) in [5, 5.41) is 2.24. The first kappa shape index (κ1) is 16.8. The van der Waals surface area contributed by atoms with Gasteiger partial charge < -0.3 is 14.2 Å².